The van der Waals surface area contributed by atoms with Crippen LogP contribution in [0.4, 0.5) is 0 Å². The largest absolute Gasteiger partial charge is 0.491 e. The molecule has 0 spiro atoms. The summed E-state index contributed by atoms with van der Waals surface area (Å²) < 4.78 is 5.65. The monoisotopic (exact) mass is 293 g/mol. The number of carboxylic acids is 1. The second-order valence-corrected chi connectivity index (χ2v) is 6.15. The second-order valence-electron chi connectivity index (χ2n) is 6.15. The number of aliphatic carboxylic acids is 1. The van der Waals surface area contributed by atoms with E-state index in [1.54, 1.807) is 0 Å². The lowest BCUT2D eigenvalue weighted by atomic mass is 9.85. The molecule has 0 aliphatic carbocycles. The van der Waals surface area contributed by atoms with E-state index < -0.39 is 17.9 Å². The molecular weight excluding hydrogens is 270 g/mol. The molecule has 0 aromatic heterocycles. The number of amides is 1. The standard InChI is InChI=1S/C16H23NO4/c1-10-6-7-14(12(8-10)16(3,4)5)21-9-13(15(19)20)17-11(2)18/h6-8,13H,9H2,1-5H3,(H,17,18)(H,19,20). The van der Waals surface area contributed by atoms with Crippen molar-refractivity contribution in [1.82, 2.24) is 5.32 Å². The van der Waals surface area contributed by atoms with Crippen LogP contribution in [0.1, 0.15) is 38.8 Å². The molecule has 5 nitrogen and oxygen atoms in total. The van der Waals surface area contributed by atoms with E-state index in [0.717, 1.165) is 11.1 Å². The summed E-state index contributed by atoms with van der Waals surface area (Å²) in [5, 5.41) is 11.4. The normalized spacial score (nSPS) is 12.6. The van der Waals surface area contributed by atoms with Crippen LogP contribution in [-0.4, -0.2) is 29.6 Å². The Balaban J connectivity index is 2.92. The van der Waals surface area contributed by atoms with E-state index in [1.807, 2.05) is 25.1 Å². The SMILES string of the molecule is CC(=O)NC(COc1ccc(C)cc1C(C)(C)C)C(=O)O. The summed E-state index contributed by atoms with van der Waals surface area (Å²) in [6, 6.07) is 4.72. The number of rotatable bonds is 5. The molecule has 0 fully saturated rings. The summed E-state index contributed by atoms with van der Waals surface area (Å²) in [7, 11) is 0. The van der Waals surface area contributed by atoms with Crippen molar-refractivity contribution in [2.24, 2.45) is 0 Å². The van der Waals surface area contributed by atoms with Crippen molar-refractivity contribution < 1.29 is 19.4 Å². The van der Waals surface area contributed by atoms with Crippen LogP contribution in [0.15, 0.2) is 18.2 Å². The topological polar surface area (TPSA) is 75.6 Å². The first-order chi connectivity index (χ1) is 9.61. The third-order valence-corrected chi connectivity index (χ3v) is 3.02. The third-order valence-electron chi connectivity index (χ3n) is 3.02. The highest BCUT2D eigenvalue weighted by molar-refractivity contribution is 5.82. The van der Waals surface area contributed by atoms with Crippen LogP contribution in [0.5, 0.6) is 5.75 Å². The highest BCUT2D eigenvalue weighted by Crippen LogP contribution is 2.32. The summed E-state index contributed by atoms with van der Waals surface area (Å²) in [5.74, 6) is -0.870. The fraction of sp³-hybridized carbons (Fsp3) is 0.500. The first kappa shape index (κ1) is 17.0. The first-order valence-corrected chi connectivity index (χ1v) is 6.85. The van der Waals surface area contributed by atoms with Gasteiger partial charge in [-0.05, 0) is 24.0 Å². The highest BCUT2D eigenvalue weighted by atomic mass is 16.5. The van der Waals surface area contributed by atoms with Crippen LogP contribution in [-0.2, 0) is 15.0 Å². The first-order valence-electron chi connectivity index (χ1n) is 6.85. The van der Waals surface area contributed by atoms with Crippen molar-refractivity contribution in [3.63, 3.8) is 0 Å². The molecule has 2 N–H and O–H groups in total. The predicted molar refractivity (Wildman–Crippen MR) is 80.6 cm³/mol. The molecular formula is C16H23NO4. The molecule has 116 valence electrons. The molecule has 0 aliphatic heterocycles. The lowest BCUT2D eigenvalue weighted by molar-refractivity contribution is -0.142. The van der Waals surface area contributed by atoms with Crippen LogP contribution in [0.25, 0.3) is 0 Å². The summed E-state index contributed by atoms with van der Waals surface area (Å²) >= 11 is 0. The van der Waals surface area contributed by atoms with Crippen LogP contribution in [0, 0.1) is 6.92 Å². The molecule has 1 aromatic carbocycles. The van der Waals surface area contributed by atoms with Gasteiger partial charge >= 0.3 is 5.97 Å². The number of aryl methyl sites for hydroxylation is 1. The van der Waals surface area contributed by atoms with Gasteiger partial charge in [0.05, 0.1) is 0 Å². The van der Waals surface area contributed by atoms with Gasteiger partial charge in [0.2, 0.25) is 5.91 Å². The number of carboxylic acid groups (broad SMARTS) is 1. The minimum atomic E-state index is -1.12. The lowest BCUT2D eigenvalue weighted by Crippen LogP contribution is -2.43. The fourth-order valence-electron chi connectivity index (χ4n) is 1.95. The molecule has 0 saturated carbocycles. The molecule has 1 unspecified atom stereocenters. The van der Waals surface area contributed by atoms with E-state index in [0.29, 0.717) is 5.75 Å². The quantitative estimate of drug-likeness (QED) is 0.873. The Kier molecular flexibility index (Phi) is 5.35. The molecule has 1 atom stereocenters. The van der Waals surface area contributed by atoms with E-state index >= 15 is 0 Å². The molecule has 5 heteroatoms. The van der Waals surface area contributed by atoms with E-state index in [-0.39, 0.29) is 12.0 Å². The Labute approximate surface area is 125 Å². The second kappa shape index (κ2) is 6.61. The number of carbonyl (C=O) groups is 2. The Morgan fingerprint density at radius 2 is 1.95 bits per heavy atom. The molecule has 0 bridgehead atoms. The van der Waals surface area contributed by atoms with E-state index in [4.69, 9.17) is 9.84 Å². The zero-order valence-corrected chi connectivity index (χ0v) is 13.2. The average Bonchev–Trinajstić information content (AvgIpc) is 2.33. The molecule has 1 rings (SSSR count). The molecule has 1 aromatic rings. The van der Waals surface area contributed by atoms with Crippen molar-refractivity contribution in [3.05, 3.63) is 29.3 Å². The molecule has 21 heavy (non-hydrogen) atoms. The number of carbonyl (C=O) groups excluding carboxylic acids is 1. The van der Waals surface area contributed by atoms with Gasteiger partial charge in [0.25, 0.3) is 0 Å². The van der Waals surface area contributed by atoms with Crippen molar-refractivity contribution in [2.75, 3.05) is 6.61 Å². The Morgan fingerprint density at radius 3 is 2.43 bits per heavy atom. The Morgan fingerprint density at radius 1 is 1.33 bits per heavy atom. The number of hydrogen-bond donors (Lipinski definition) is 2. The van der Waals surface area contributed by atoms with Crippen molar-refractivity contribution in [3.8, 4) is 5.75 Å². The van der Waals surface area contributed by atoms with Gasteiger partial charge in [-0.25, -0.2) is 4.79 Å². The summed E-state index contributed by atoms with van der Waals surface area (Å²) in [4.78, 5) is 22.1. The van der Waals surface area contributed by atoms with E-state index in [9.17, 15) is 9.59 Å². The van der Waals surface area contributed by atoms with Crippen molar-refractivity contribution >= 4 is 11.9 Å². The number of ether oxygens (including phenoxy) is 1. The molecule has 0 radical (unpaired) electrons. The molecule has 0 heterocycles. The molecule has 0 saturated heterocycles. The van der Waals surface area contributed by atoms with Crippen molar-refractivity contribution in [1.29, 1.82) is 0 Å². The molecule has 1 amide bonds. The average molecular weight is 293 g/mol. The van der Waals surface area contributed by atoms with E-state index in [1.165, 1.54) is 6.92 Å². The van der Waals surface area contributed by atoms with Gasteiger partial charge in [-0.3, -0.25) is 4.79 Å². The van der Waals surface area contributed by atoms with E-state index in [2.05, 4.69) is 26.1 Å². The van der Waals surface area contributed by atoms with Gasteiger partial charge in [0.1, 0.15) is 12.4 Å². The number of hydrogen-bond acceptors (Lipinski definition) is 3. The van der Waals surface area contributed by atoms with Crippen LogP contribution < -0.4 is 10.1 Å². The van der Waals surface area contributed by atoms with Crippen molar-refractivity contribution in [2.45, 2.75) is 46.1 Å². The summed E-state index contributed by atoms with van der Waals surface area (Å²) in [6.45, 7) is 9.37. The maximum atomic E-state index is 11.1. The lowest BCUT2D eigenvalue weighted by Gasteiger charge is -2.24. The van der Waals surface area contributed by atoms with Gasteiger partial charge in [-0.2, -0.15) is 0 Å². The van der Waals surface area contributed by atoms with Crippen LogP contribution in [0.3, 0.4) is 0 Å². The number of nitrogens with one attached hydrogen (secondary N) is 1. The van der Waals surface area contributed by atoms with Gasteiger partial charge in [0, 0.05) is 6.92 Å². The smallest absolute Gasteiger partial charge is 0.329 e. The Hall–Kier alpha value is -2.04. The van der Waals surface area contributed by atoms with Gasteiger partial charge in [0.15, 0.2) is 6.04 Å². The van der Waals surface area contributed by atoms with Crippen LogP contribution >= 0.6 is 0 Å². The minimum absolute atomic E-state index is 0.110. The van der Waals surface area contributed by atoms with Gasteiger partial charge in [-0.15, -0.1) is 0 Å². The number of benzene rings is 1. The van der Waals surface area contributed by atoms with Gasteiger partial charge < -0.3 is 15.2 Å². The highest BCUT2D eigenvalue weighted by Gasteiger charge is 2.23. The summed E-state index contributed by atoms with van der Waals surface area (Å²) in [6.07, 6.45) is 0. The predicted octanol–water partition coefficient (Wildman–Crippen LogP) is 2.26. The Bertz CT molecular complexity index is 532. The fourth-order valence-corrected chi connectivity index (χ4v) is 1.95. The third kappa shape index (κ3) is 5.10. The van der Waals surface area contributed by atoms with Gasteiger partial charge in [-0.1, -0.05) is 38.5 Å². The maximum absolute atomic E-state index is 11.1. The zero-order chi connectivity index (χ0) is 16.2. The maximum Gasteiger partial charge on any atom is 0.329 e. The zero-order valence-electron chi connectivity index (χ0n) is 13.2. The summed E-state index contributed by atoms with van der Waals surface area (Å²) in [5.41, 5.74) is 2.01. The molecule has 0 aliphatic rings. The minimum Gasteiger partial charge on any atom is -0.491 e. The van der Waals surface area contributed by atoms with Crippen LogP contribution in [0.2, 0.25) is 0 Å².